The van der Waals surface area contributed by atoms with Gasteiger partial charge in [0.25, 0.3) is 5.91 Å². The van der Waals surface area contributed by atoms with E-state index >= 15 is 0 Å². The normalized spacial score (nSPS) is 10.8. The first-order valence-corrected chi connectivity index (χ1v) is 8.57. The van der Waals surface area contributed by atoms with Crippen LogP contribution in [0.1, 0.15) is 35.3 Å². The third-order valence-electron chi connectivity index (χ3n) is 4.44. The molecule has 25 heavy (non-hydrogen) atoms. The van der Waals surface area contributed by atoms with Crippen LogP contribution in [0.5, 0.6) is 0 Å². The van der Waals surface area contributed by atoms with E-state index in [9.17, 15) is 9.59 Å². The van der Waals surface area contributed by atoms with Gasteiger partial charge in [-0.15, -0.1) is 0 Å². The maximum Gasteiger partial charge on any atom is 0.261 e. The number of anilines is 1. The van der Waals surface area contributed by atoms with Gasteiger partial charge in [-0.3, -0.25) is 9.59 Å². The summed E-state index contributed by atoms with van der Waals surface area (Å²) >= 11 is 0. The predicted octanol–water partition coefficient (Wildman–Crippen LogP) is 4.14. The number of aryl methyl sites for hydroxylation is 3. The van der Waals surface area contributed by atoms with Crippen LogP contribution in [0.15, 0.2) is 53.5 Å². The van der Waals surface area contributed by atoms with Crippen LogP contribution >= 0.6 is 0 Å². The topological polar surface area (TPSA) is 51.1 Å². The second-order valence-electron chi connectivity index (χ2n) is 6.18. The Hall–Kier alpha value is -2.88. The smallest absolute Gasteiger partial charge is 0.261 e. The van der Waals surface area contributed by atoms with Gasteiger partial charge in [0.15, 0.2) is 0 Å². The van der Waals surface area contributed by atoms with Crippen LogP contribution in [0, 0.1) is 6.92 Å². The minimum Gasteiger partial charge on any atom is -0.347 e. The highest BCUT2D eigenvalue weighted by Gasteiger charge is 2.15. The zero-order valence-corrected chi connectivity index (χ0v) is 14.8. The minimum absolute atomic E-state index is 0.166. The Morgan fingerprint density at radius 1 is 1.08 bits per heavy atom. The standard InChI is InChI=1S/C21H22N2O2/c1-4-15-7-9-16(10-8-15)22-21(25)18-13-23(5-2)19-11-6-14(3)12-17(19)20(18)24/h6-13H,4-5H2,1-3H3,(H,22,25). The van der Waals surface area contributed by atoms with Gasteiger partial charge >= 0.3 is 0 Å². The summed E-state index contributed by atoms with van der Waals surface area (Å²) in [5, 5.41) is 3.41. The van der Waals surface area contributed by atoms with Gasteiger partial charge in [0.1, 0.15) is 5.56 Å². The molecule has 1 aromatic heterocycles. The van der Waals surface area contributed by atoms with Gasteiger partial charge in [-0.25, -0.2) is 0 Å². The lowest BCUT2D eigenvalue weighted by atomic mass is 10.1. The highest BCUT2D eigenvalue weighted by atomic mass is 16.2. The number of fused-ring (bicyclic) bond motifs is 1. The van der Waals surface area contributed by atoms with E-state index in [0.717, 1.165) is 17.5 Å². The highest BCUT2D eigenvalue weighted by molar-refractivity contribution is 6.05. The van der Waals surface area contributed by atoms with E-state index in [4.69, 9.17) is 0 Å². The van der Waals surface area contributed by atoms with Gasteiger partial charge in [-0.1, -0.05) is 30.7 Å². The fourth-order valence-corrected chi connectivity index (χ4v) is 2.96. The molecule has 0 spiro atoms. The number of benzene rings is 2. The average Bonchev–Trinajstić information content (AvgIpc) is 2.63. The summed E-state index contributed by atoms with van der Waals surface area (Å²) in [6, 6.07) is 13.4. The Kier molecular flexibility index (Phi) is 4.70. The lowest BCUT2D eigenvalue weighted by molar-refractivity contribution is 0.102. The monoisotopic (exact) mass is 334 g/mol. The van der Waals surface area contributed by atoms with Crippen LogP contribution < -0.4 is 10.7 Å². The molecule has 3 rings (SSSR count). The number of pyridine rings is 1. The van der Waals surface area contributed by atoms with Crippen molar-refractivity contribution in [2.24, 2.45) is 0 Å². The largest absolute Gasteiger partial charge is 0.347 e. The van der Waals surface area contributed by atoms with Crippen molar-refractivity contribution in [2.75, 3.05) is 5.32 Å². The maximum absolute atomic E-state index is 12.8. The SMILES string of the molecule is CCc1ccc(NC(=O)c2cn(CC)c3ccc(C)cc3c2=O)cc1. The molecule has 0 atom stereocenters. The molecule has 4 nitrogen and oxygen atoms in total. The van der Waals surface area contributed by atoms with E-state index in [1.54, 1.807) is 6.20 Å². The van der Waals surface area contributed by atoms with Crippen LogP contribution in [-0.2, 0) is 13.0 Å². The summed E-state index contributed by atoms with van der Waals surface area (Å²) in [5.41, 5.74) is 3.68. The zero-order valence-electron chi connectivity index (χ0n) is 14.8. The number of carbonyl (C=O) groups is 1. The number of rotatable bonds is 4. The summed E-state index contributed by atoms with van der Waals surface area (Å²) in [6.07, 6.45) is 2.59. The molecule has 0 aliphatic carbocycles. The molecule has 0 unspecified atom stereocenters. The van der Waals surface area contributed by atoms with E-state index in [2.05, 4.69) is 12.2 Å². The minimum atomic E-state index is -0.375. The predicted molar refractivity (Wildman–Crippen MR) is 102 cm³/mol. The number of carbonyl (C=O) groups excluding carboxylic acids is 1. The van der Waals surface area contributed by atoms with E-state index in [1.807, 2.05) is 60.9 Å². The summed E-state index contributed by atoms with van der Waals surface area (Å²) < 4.78 is 1.94. The Bertz CT molecular complexity index is 985. The lowest BCUT2D eigenvalue weighted by Crippen LogP contribution is -2.24. The summed E-state index contributed by atoms with van der Waals surface area (Å²) in [6.45, 7) is 6.70. The van der Waals surface area contributed by atoms with Gasteiger partial charge < -0.3 is 9.88 Å². The van der Waals surface area contributed by atoms with Crippen molar-refractivity contribution in [3.05, 3.63) is 75.6 Å². The molecule has 1 amide bonds. The third kappa shape index (κ3) is 3.33. The third-order valence-corrected chi connectivity index (χ3v) is 4.44. The first-order valence-electron chi connectivity index (χ1n) is 8.57. The van der Waals surface area contributed by atoms with Crippen LogP contribution in [-0.4, -0.2) is 10.5 Å². The molecule has 0 aliphatic rings. The second-order valence-corrected chi connectivity index (χ2v) is 6.18. The van der Waals surface area contributed by atoms with E-state index in [-0.39, 0.29) is 16.9 Å². The maximum atomic E-state index is 12.8. The molecule has 1 heterocycles. The van der Waals surface area contributed by atoms with Gasteiger partial charge in [0.05, 0.1) is 5.52 Å². The summed E-state index contributed by atoms with van der Waals surface area (Å²) in [5.74, 6) is -0.375. The fraction of sp³-hybridized carbons (Fsp3) is 0.238. The average molecular weight is 334 g/mol. The Balaban J connectivity index is 2.03. The van der Waals surface area contributed by atoms with Crippen molar-refractivity contribution < 1.29 is 4.79 Å². The molecule has 0 aliphatic heterocycles. The first-order chi connectivity index (χ1) is 12.0. The quantitative estimate of drug-likeness (QED) is 0.779. The number of nitrogens with zero attached hydrogens (tertiary/aromatic N) is 1. The summed E-state index contributed by atoms with van der Waals surface area (Å²) in [4.78, 5) is 25.5. The second kappa shape index (κ2) is 6.93. The first kappa shape index (κ1) is 17.0. The molecular formula is C21H22N2O2. The van der Waals surface area contributed by atoms with Crippen molar-refractivity contribution in [3.8, 4) is 0 Å². The van der Waals surface area contributed by atoms with E-state index in [1.165, 1.54) is 5.56 Å². The van der Waals surface area contributed by atoms with Gasteiger partial charge in [-0.05, 0) is 50.1 Å². The van der Waals surface area contributed by atoms with E-state index < -0.39 is 0 Å². The molecule has 0 bridgehead atoms. The number of nitrogens with one attached hydrogen (secondary N) is 1. The number of amides is 1. The van der Waals surface area contributed by atoms with Crippen molar-refractivity contribution in [1.29, 1.82) is 0 Å². The lowest BCUT2D eigenvalue weighted by Gasteiger charge is -2.12. The molecule has 2 aromatic carbocycles. The molecule has 128 valence electrons. The van der Waals surface area contributed by atoms with Gasteiger partial charge in [-0.2, -0.15) is 0 Å². The van der Waals surface area contributed by atoms with Crippen LogP contribution in [0.25, 0.3) is 10.9 Å². The fourth-order valence-electron chi connectivity index (χ4n) is 2.96. The molecule has 0 saturated carbocycles. The van der Waals surface area contributed by atoms with Crippen molar-refractivity contribution in [1.82, 2.24) is 4.57 Å². The molecule has 1 N–H and O–H groups in total. The number of hydrogen-bond acceptors (Lipinski definition) is 2. The van der Waals surface area contributed by atoms with Crippen LogP contribution in [0.3, 0.4) is 0 Å². The van der Waals surface area contributed by atoms with Gasteiger partial charge in [0, 0.05) is 23.8 Å². The molecule has 0 saturated heterocycles. The highest BCUT2D eigenvalue weighted by Crippen LogP contribution is 2.16. The Labute approximate surface area is 147 Å². The molecule has 3 aromatic rings. The summed E-state index contributed by atoms with van der Waals surface area (Å²) in [7, 11) is 0. The van der Waals surface area contributed by atoms with E-state index in [0.29, 0.717) is 17.6 Å². The van der Waals surface area contributed by atoms with Crippen molar-refractivity contribution >= 4 is 22.5 Å². The van der Waals surface area contributed by atoms with Crippen molar-refractivity contribution in [3.63, 3.8) is 0 Å². The Morgan fingerprint density at radius 2 is 1.80 bits per heavy atom. The number of aromatic nitrogens is 1. The number of hydrogen-bond donors (Lipinski definition) is 1. The molecule has 0 radical (unpaired) electrons. The van der Waals surface area contributed by atoms with Crippen molar-refractivity contribution in [2.45, 2.75) is 33.7 Å². The molecule has 0 fully saturated rings. The zero-order chi connectivity index (χ0) is 18.0. The molecular weight excluding hydrogens is 312 g/mol. The van der Waals surface area contributed by atoms with Gasteiger partial charge in [0.2, 0.25) is 5.43 Å². The molecule has 4 heteroatoms. The Morgan fingerprint density at radius 3 is 2.44 bits per heavy atom. The van der Waals surface area contributed by atoms with Crippen LogP contribution in [0.4, 0.5) is 5.69 Å². The van der Waals surface area contributed by atoms with Crippen LogP contribution in [0.2, 0.25) is 0 Å².